The first-order chi connectivity index (χ1) is 12.2. The van der Waals surface area contributed by atoms with Crippen molar-refractivity contribution >= 4 is 11.2 Å². The van der Waals surface area contributed by atoms with E-state index < -0.39 is 0 Å². The summed E-state index contributed by atoms with van der Waals surface area (Å²) in [6.07, 6.45) is 0. The normalized spacial score (nSPS) is 12.9. The van der Waals surface area contributed by atoms with E-state index in [0.29, 0.717) is 12.2 Å². The highest BCUT2D eigenvalue weighted by Crippen LogP contribution is 2.25. The Morgan fingerprint density at radius 2 is 1.96 bits per heavy atom. The Hall–Kier alpha value is -2.87. The molecule has 1 aromatic carbocycles. The third-order valence-electron chi connectivity index (χ3n) is 4.49. The number of nitrogens with zero attached hydrogens (tertiary/aromatic N) is 4. The van der Waals surface area contributed by atoms with Crippen LogP contribution in [0.2, 0.25) is 0 Å². The van der Waals surface area contributed by atoms with Crippen molar-refractivity contribution in [3.8, 4) is 17.3 Å². The van der Waals surface area contributed by atoms with E-state index in [4.69, 9.17) is 10.2 Å². The Morgan fingerprint density at radius 3 is 2.62 bits per heavy atom. The second-order valence-corrected chi connectivity index (χ2v) is 8.00. The fourth-order valence-electron chi connectivity index (χ4n) is 3.10. The molecule has 3 aromatic rings. The average molecular weight is 348 g/mol. The summed E-state index contributed by atoms with van der Waals surface area (Å²) in [5, 5.41) is 9.15. The van der Waals surface area contributed by atoms with Crippen LogP contribution in [0.3, 0.4) is 0 Å². The molecule has 2 heterocycles. The molecule has 134 valence electrons. The van der Waals surface area contributed by atoms with Gasteiger partial charge < -0.3 is 0 Å². The summed E-state index contributed by atoms with van der Waals surface area (Å²) in [6, 6.07) is 14.0. The SMILES string of the molecule is CC(C#N)c1cccc(-c2ccc3c(n2)n(C)c(=O)n3CC(C)(C)C)c1. The van der Waals surface area contributed by atoms with Gasteiger partial charge in [0.2, 0.25) is 0 Å². The summed E-state index contributed by atoms with van der Waals surface area (Å²) < 4.78 is 3.40. The van der Waals surface area contributed by atoms with Crippen molar-refractivity contribution in [2.75, 3.05) is 0 Å². The van der Waals surface area contributed by atoms with Gasteiger partial charge in [0.05, 0.1) is 23.2 Å². The van der Waals surface area contributed by atoms with Crippen LogP contribution in [0.5, 0.6) is 0 Å². The zero-order chi connectivity index (χ0) is 19.1. The molecule has 3 rings (SSSR count). The molecule has 0 spiro atoms. The van der Waals surface area contributed by atoms with Crippen molar-refractivity contribution in [2.24, 2.45) is 12.5 Å². The van der Waals surface area contributed by atoms with E-state index in [1.807, 2.05) is 43.3 Å². The van der Waals surface area contributed by atoms with Crippen LogP contribution in [0, 0.1) is 16.7 Å². The van der Waals surface area contributed by atoms with Gasteiger partial charge in [-0.25, -0.2) is 9.78 Å². The van der Waals surface area contributed by atoms with Crippen molar-refractivity contribution in [1.29, 1.82) is 5.26 Å². The number of imidazole rings is 1. The quantitative estimate of drug-likeness (QED) is 0.716. The lowest BCUT2D eigenvalue weighted by atomic mass is 9.97. The van der Waals surface area contributed by atoms with Gasteiger partial charge in [0, 0.05) is 19.2 Å². The van der Waals surface area contributed by atoms with Crippen molar-refractivity contribution in [3.05, 3.63) is 52.4 Å². The number of nitriles is 1. The van der Waals surface area contributed by atoms with Crippen molar-refractivity contribution in [2.45, 2.75) is 40.2 Å². The second-order valence-electron chi connectivity index (χ2n) is 8.00. The monoisotopic (exact) mass is 348 g/mol. The van der Waals surface area contributed by atoms with E-state index >= 15 is 0 Å². The molecule has 5 nitrogen and oxygen atoms in total. The highest BCUT2D eigenvalue weighted by molar-refractivity contribution is 5.76. The molecule has 0 fully saturated rings. The van der Waals surface area contributed by atoms with Gasteiger partial charge in [-0.1, -0.05) is 39.0 Å². The molecule has 0 bridgehead atoms. The topological polar surface area (TPSA) is 63.6 Å². The summed E-state index contributed by atoms with van der Waals surface area (Å²) in [6.45, 7) is 8.86. The lowest BCUT2D eigenvalue weighted by Crippen LogP contribution is -2.27. The third kappa shape index (κ3) is 3.28. The smallest absolute Gasteiger partial charge is 0.290 e. The van der Waals surface area contributed by atoms with Crippen LogP contribution in [0.1, 0.15) is 39.2 Å². The Kier molecular flexibility index (Phi) is 4.45. The predicted octanol–water partition coefficient (Wildman–Crippen LogP) is 4.08. The molecule has 0 amide bonds. The van der Waals surface area contributed by atoms with Gasteiger partial charge >= 0.3 is 5.69 Å². The molecular weight excluding hydrogens is 324 g/mol. The summed E-state index contributed by atoms with van der Waals surface area (Å²) in [5.41, 5.74) is 4.18. The van der Waals surface area contributed by atoms with Gasteiger partial charge in [-0.2, -0.15) is 5.26 Å². The second kappa shape index (κ2) is 6.45. The molecule has 0 radical (unpaired) electrons. The van der Waals surface area contributed by atoms with E-state index in [9.17, 15) is 4.79 Å². The van der Waals surface area contributed by atoms with Gasteiger partial charge in [-0.05, 0) is 36.1 Å². The minimum absolute atomic E-state index is 0.00144. The fourth-order valence-corrected chi connectivity index (χ4v) is 3.10. The molecule has 1 unspecified atom stereocenters. The molecular formula is C21H24N4O. The number of pyridine rings is 1. The molecule has 0 aliphatic rings. The zero-order valence-electron chi connectivity index (χ0n) is 15.9. The number of fused-ring (bicyclic) bond motifs is 1. The molecule has 5 heteroatoms. The van der Waals surface area contributed by atoms with Gasteiger partial charge in [0.25, 0.3) is 0 Å². The van der Waals surface area contributed by atoms with E-state index in [2.05, 4.69) is 26.8 Å². The van der Waals surface area contributed by atoms with E-state index in [-0.39, 0.29) is 17.0 Å². The molecule has 0 aliphatic carbocycles. The van der Waals surface area contributed by atoms with Crippen LogP contribution >= 0.6 is 0 Å². The van der Waals surface area contributed by atoms with E-state index in [1.165, 1.54) is 0 Å². The van der Waals surface area contributed by atoms with Crippen LogP contribution < -0.4 is 5.69 Å². The predicted molar refractivity (Wildman–Crippen MR) is 104 cm³/mol. The third-order valence-corrected chi connectivity index (χ3v) is 4.49. The number of hydrogen-bond acceptors (Lipinski definition) is 3. The number of rotatable bonds is 3. The summed E-state index contributed by atoms with van der Waals surface area (Å²) >= 11 is 0. The molecule has 2 aromatic heterocycles. The summed E-state index contributed by atoms with van der Waals surface area (Å²) in [4.78, 5) is 17.4. The maximum Gasteiger partial charge on any atom is 0.330 e. The lowest BCUT2D eigenvalue weighted by Gasteiger charge is -2.18. The van der Waals surface area contributed by atoms with Crippen LogP contribution in [0.4, 0.5) is 0 Å². The Labute approximate surface area is 153 Å². The maximum atomic E-state index is 12.6. The van der Waals surface area contributed by atoms with Gasteiger partial charge in [-0.15, -0.1) is 0 Å². The Balaban J connectivity index is 2.13. The minimum atomic E-state index is -0.170. The van der Waals surface area contributed by atoms with Crippen molar-refractivity contribution < 1.29 is 0 Å². The van der Waals surface area contributed by atoms with Crippen LogP contribution in [-0.4, -0.2) is 14.1 Å². The Morgan fingerprint density at radius 1 is 1.23 bits per heavy atom. The van der Waals surface area contributed by atoms with Crippen LogP contribution in [-0.2, 0) is 13.6 Å². The molecule has 26 heavy (non-hydrogen) atoms. The van der Waals surface area contributed by atoms with Crippen molar-refractivity contribution in [3.63, 3.8) is 0 Å². The number of benzene rings is 1. The molecule has 0 saturated heterocycles. The number of hydrogen-bond donors (Lipinski definition) is 0. The number of aryl methyl sites for hydroxylation is 1. The highest BCUT2D eigenvalue weighted by Gasteiger charge is 2.19. The standard InChI is InChI=1S/C21H24N4O/c1-14(12-22)15-7-6-8-16(11-15)17-9-10-18-19(23-17)24(5)20(26)25(18)13-21(2,3)4/h6-11,14H,13H2,1-5H3. The molecule has 0 aliphatic heterocycles. The molecule has 1 atom stereocenters. The first kappa shape index (κ1) is 17.9. The van der Waals surface area contributed by atoms with E-state index in [1.54, 1.807) is 16.2 Å². The first-order valence-corrected chi connectivity index (χ1v) is 8.77. The average Bonchev–Trinajstić information content (AvgIpc) is 2.84. The lowest BCUT2D eigenvalue weighted by molar-refractivity contribution is 0.342. The minimum Gasteiger partial charge on any atom is -0.290 e. The highest BCUT2D eigenvalue weighted by atomic mass is 16.1. The van der Waals surface area contributed by atoms with Gasteiger partial charge in [0.15, 0.2) is 5.65 Å². The van der Waals surface area contributed by atoms with Crippen LogP contribution in [0.25, 0.3) is 22.4 Å². The molecule has 0 N–H and O–H groups in total. The van der Waals surface area contributed by atoms with E-state index in [0.717, 1.165) is 22.3 Å². The van der Waals surface area contributed by atoms with Crippen molar-refractivity contribution in [1.82, 2.24) is 14.1 Å². The Bertz CT molecular complexity index is 1060. The first-order valence-electron chi connectivity index (χ1n) is 8.77. The number of aromatic nitrogens is 3. The molecule has 0 saturated carbocycles. The largest absolute Gasteiger partial charge is 0.330 e. The van der Waals surface area contributed by atoms with Crippen LogP contribution in [0.15, 0.2) is 41.2 Å². The van der Waals surface area contributed by atoms with Gasteiger partial charge in [-0.3, -0.25) is 9.13 Å². The maximum absolute atomic E-state index is 12.6. The van der Waals surface area contributed by atoms with Gasteiger partial charge in [0.1, 0.15) is 0 Å². The summed E-state index contributed by atoms with van der Waals surface area (Å²) in [5.74, 6) is -0.170. The fraction of sp³-hybridized carbons (Fsp3) is 0.381. The zero-order valence-corrected chi connectivity index (χ0v) is 15.9. The summed E-state index contributed by atoms with van der Waals surface area (Å²) in [7, 11) is 1.76.